The number of halogens is 5. The Morgan fingerprint density at radius 2 is 1.69 bits per heavy atom. The molecule has 2 aromatic rings. The third-order valence-corrected chi connectivity index (χ3v) is 6.07. The highest BCUT2D eigenvalue weighted by Crippen LogP contribution is 2.29. The minimum Gasteiger partial charge on any atom is -0.360 e. The Kier molecular flexibility index (Phi) is 8.62. The van der Waals surface area contributed by atoms with E-state index >= 15 is 0 Å². The van der Waals surface area contributed by atoms with Crippen LogP contribution in [0.5, 0.6) is 0 Å². The molecule has 1 atom stereocenters. The molecule has 1 aromatic carbocycles. The summed E-state index contributed by atoms with van der Waals surface area (Å²) >= 11 is 2.12. The highest BCUT2D eigenvalue weighted by Gasteiger charge is 2.26. The van der Waals surface area contributed by atoms with Gasteiger partial charge in [-0.05, 0) is 18.8 Å². The van der Waals surface area contributed by atoms with Crippen molar-refractivity contribution in [3.8, 4) is 0 Å². The fourth-order valence-electron chi connectivity index (χ4n) is 2.21. The van der Waals surface area contributed by atoms with E-state index in [9.17, 15) is 26.7 Å². The van der Waals surface area contributed by atoms with E-state index in [2.05, 4.69) is 29.4 Å². The van der Waals surface area contributed by atoms with Crippen LogP contribution < -0.4 is 10.6 Å². The molecule has 0 fully saturated rings. The van der Waals surface area contributed by atoms with Gasteiger partial charge in [0.2, 0.25) is 16.9 Å². The molecule has 0 bridgehead atoms. The lowest BCUT2D eigenvalue weighted by atomic mass is 10.0. The summed E-state index contributed by atoms with van der Waals surface area (Å²) in [5, 5.41) is 13.2. The van der Waals surface area contributed by atoms with Gasteiger partial charge in [0, 0.05) is 6.54 Å². The van der Waals surface area contributed by atoms with Crippen molar-refractivity contribution < 1.29 is 26.7 Å². The van der Waals surface area contributed by atoms with Crippen molar-refractivity contribution in [3.63, 3.8) is 0 Å². The molecular formula is C17H19F5N4OS2. The molecule has 5 nitrogen and oxygen atoms in total. The maximum absolute atomic E-state index is 13.6. The molecule has 1 heterocycles. The topological polar surface area (TPSA) is 66.9 Å². The summed E-state index contributed by atoms with van der Waals surface area (Å²) in [6.45, 7) is 5.04. The van der Waals surface area contributed by atoms with Gasteiger partial charge in [-0.1, -0.05) is 43.4 Å². The summed E-state index contributed by atoms with van der Waals surface area (Å²) in [5.41, 5.74) is -1.38. The van der Waals surface area contributed by atoms with Crippen molar-refractivity contribution in [1.29, 1.82) is 0 Å². The van der Waals surface area contributed by atoms with Crippen molar-refractivity contribution in [2.45, 2.75) is 37.4 Å². The lowest BCUT2D eigenvalue weighted by molar-refractivity contribution is -0.113. The van der Waals surface area contributed by atoms with E-state index in [1.54, 1.807) is 5.32 Å². The van der Waals surface area contributed by atoms with Crippen LogP contribution in [0, 0.1) is 35.0 Å². The number of rotatable bonds is 10. The first-order valence-corrected chi connectivity index (χ1v) is 10.6. The minimum absolute atomic E-state index is 0.345. The minimum atomic E-state index is -2.29. The Balaban J connectivity index is 1.86. The number of amides is 1. The summed E-state index contributed by atoms with van der Waals surface area (Å²) in [6.07, 6.45) is 3.18. The Bertz CT molecular complexity index is 836. The standard InChI is InChI=1S/C17H19F5N4OS2/c1-3-8(2)5-4-6-23-16-25-26-17(29-16)28-7-9(27)24-15-13(21)11(19)10(18)12(20)14(15)22/h8H,3-7H2,1-2H3,(H,23,25)(H,24,27). The van der Waals surface area contributed by atoms with E-state index in [0.29, 0.717) is 15.4 Å². The van der Waals surface area contributed by atoms with Gasteiger partial charge in [-0.15, -0.1) is 10.2 Å². The zero-order chi connectivity index (χ0) is 21.6. The maximum Gasteiger partial charge on any atom is 0.234 e. The van der Waals surface area contributed by atoms with Gasteiger partial charge in [0.25, 0.3) is 0 Å². The number of hydrogen-bond donors (Lipinski definition) is 2. The van der Waals surface area contributed by atoms with Crippen LogP contribution in [-0.4, -0.2) is 28.4 Å². The molecule has 0 aliphatic carbocycles. The van der Waals surface area contributed by atoms with Crippen molar-refractivity contribution in [1.82, 2.24) is 10.2 Å². The molecule has 0 aliphatic rings. The third-order valence-electron chi connectivity index (χ3n) is 4.05. The third kappa shape index (κ3) is 6.26. The van der Waals surface area contributed by atoms with Gasteiger partial charge in [-0.3, -0.25) is 4.79 Å². The van der Waals surface area contributed by atoms with Gasteiger partial charge in [-0.2, -0.15) is 0 Å². The number of benzene rings is 1. The smallest absolute Gasteiger partial charge is 0.234 e. The molecule has 29 heavy (non-hydrogen) atoms. The van der Waals surface area contributed by atoms with E-state index < -0.39 is 40.7 Å². The zero-order valence-corrected chi connectivity index (χ0v) is 17.3. The van der Waals surface area contributed by atoms with E-state index in [1.165, 1.54) is 11.3 Å². The first-order valence-electron chi connectivity index (χ1n) is 8.76. The fourth-order valence-corrected chi connectivity index (χ4v) is 3.78. The molecule has 1 amide bonds. The quantitative estimate of drug-likeness (QED) is 0.170. The van der Waals surface area contributed by atoms with Gasteiger partial charge in [0.15, 0.2) is 27.6 Å². The van der Waals surface area contributed by atoms with Crippen molar-refractivity contribution in [2.24, 2.45) is 5.92 Å². The second-order valence-corrected chi connectivity index (χ2v) is 8.44. The Labute approximate surface area is 172 Å². The molecule has 160 valence electrons. The SMILES string of the molecule is CCC(C)CCCNc1nnc(SCC(=O)Nc2c(F)c(F)c(F)c(F)c2F)s1. The normalized spacial score (nSPS) is 12.1. The van der Waals surface area contributed by atoms with Crippen LogP contribution in [0.3, 0.4) is 0 Å². The molecule has 1 aromatic heterocycles. The average molecular weight is 454 g/mol. The molecule has 0 saturated carbocycles. The van der Waals surface area contributed by atoms with Crippen LogP contribution >= 0.6 is 23.1 Å². The first kappa shape index (κ1) is 23.3. The number of aromatic nitrogens is 2. The fraction of sp³-hybridized carbons (Fsp3) is 0.471. The summed E-state index contributed by atoms with van der Waals surface area (Å²) in [5.74, 6) is -11.4. The highest BCUT2D eigenvalue weighted by molar-refractivity contribution is 8.01. The first-order chi connectivity index (χ1) is 13.7. The van der Waals surface area contributed by atoms with Crippen LogP contribution in [0.2, 0.25) is 0 Å². The number of anilines is 2. The van der Waals surface area contributed by atoms with Crippen LogP contribution in [0.1, 0.15) is 33.1 Å². The van der Waals surface area contributed by atoms with E-state index in [1.807, 2.05) is 0 Å². The van der Waals surface area contributed by atoms with E-state index in [0.717, 1.165) is 37.6 Å². The molecule has 12 heteroatoms. The highest BCUT2D eigenvalue weighted by atomic mass is 32.2. The molecule has 1 unspecified atom stereocenters. The Morgan fingerprint density at radius 1 is 1.07 bits per heavy atom. The zero-order valence-electron chi connectivity index (χ0n) is 15.6. The van der Waals surface area contributed by atoms with E-state index in [4.69, 9.17) is 0 Å². The predicted octanol–water partition coefficient (Wildman–Crippen LogP) is 5.20. The van der Waals surface area contributed by atoms with Crippen molar-refractivity contribution in [3.05, 3.63) is 29.1 Å². The maximum atomic E-state index is 13.6. The summed E-state index contributed by atoms with van der Waals surface area (Å²) in [7, 11) is 0. The average Bonchev–Trinajstić information content (AvgIpc) is 3.17. The molecule has 2 rings (SSSR count). The summed E-state index contributed by atoms with van der Waals surface area (Å²) < 4.78 is 66.9. The largest absolute Gasteiger partial charge is 0.360 e. The molecular weight excluding hydrogens is 435 g/mol. The molecule has 0 spiro atoms. The van der Waals surface area contributed by atoms with Crippen LogP contribution in [0.25, 0.3) is 0 Å². The lowest BCUT2D eigenvalue weighted by Gasteiger charge is -2.09. The lowest BCUT2D eigenvalue weighted by Crippen LogP contribution is -2.18. The second kappa shape index (κ2) is 10.7. The number of nitrogens with zero attached hydrogens (tertiary/aromatic N) is 2. The van der Waals surface area contributed by atoms with Gasteiger partial charge in [0.1, 0.15) is 5.69 Å². The molecule has 0 saturated heterocycles. The molecule has 0 aliphatic heterocycles. The Hall–Kier alpha value is -1.95. The van der Waals surface area contributed by atoms with Crippen LogP contribution in [0.15, 0.2) is 4.34 Å². The number of nitrogens with one attached hydrogen (secondary N) is 2. The predicted molar refractivity (Wildman–Crippen MR) is 103 cm³/mol. The van der Waals surface area contributed by atoms with Gasteiger partial charge in [0.05, 0.1) is 5.75 Å². The Morgan fingerprint density at radius 3 is 2.31 bits per heavy atom. The van der Waals surface area contributed by atoms with Crippen molar-refractivity contribution >= 4 is 39.8 Å². The number of carbonyl (C=O) groups is 1. The molecule has 0 radical (unpaired) electrons. The van der Waals surface area contributed by atoms with Crippen LogP contribution in [0.4, 0.5) is 32.8 Å². The van der Waals surface area contributed by atoms with Crippen LogP contribution in [-0.2, 0) is 4.79 Å². The van der Waals surface area contributed by atoms with E-state index in [-0.39, 0.29) is 5.75 Å². The van der Waals surface area contributed by atoms with Crippen molar-refractivity contribution in [2.75, 3.05) is 22.9 Å². The number of carbonyl (C=O) groups excluding carboxylic acids is 1. The summed E-state index contributed by atoms with van der Waals surface area (Å²) in [6, 6.07) is 0. The second-order valence-electron chi connectivity index (χ2n) is 6.24. The van der Waals surface area contributed by atoms with Gasteiger partial charge in [-0.25, -0.2) is 22.0 Å². The number of thioether (sulfide) groups is 1. The summed E-state index contributed by atoms with van der Waals surface area (Å²) in [4.78, 5) is 11.8. The van der Waals surface area contributed by atoms with Gasteiger partial charge < -0.3 is 10.6 Å². The molecule has 2 N–H and O–H groups in total. The monoisotopic (exact) mass is 454 g/mol. The number of hydrogen-bond acceptors (Lipinski definition) is 6. The van der Waals surface area contributed by atoms with Gasteiger partial charge >= 0.3 is 0 Å².